The van der Waals surface area contributed by atoms with Crippen LogP contribution >= 0.6 is 34.9 Å². The summed E-state index contributed by atoms with van der Waals surface area (Å²) >= 11 is 4.29. The summed E-state index contributed by atoms with van der Waals surface area (Å²) in [5.41, 5.74) is 0. The number of rotatable bonds is 7. The predicted octanol–water partition coefficient (Wildman–Crippen LogP) is 1.35. The molecule has 0 radical (unpaired) electrons. The number of hydrogen-bond acceptors (Lipinski definition) is 9. The molecule has 0 bridgehead atoms. The topological polar surface area (TPSA) is 84.4 Å². The number of nitrogens with one attached hydrogen (secondary N) is 1. The van der Waals surface area contributed by atoms with Crippen LogP contribution in [0.15, 0.2) is 17.0 Å². The van der Waals surface area contributed by atoms with Crippen LogP contribution < -0.4 is 5.32 Å². The summed E-state index contributed by atoms with van der Waals surface area (Å²) < 4.78 is 5.49. The van der Waals surface area contributed by atoms with E-state index >= 15 is 0 Å². The van der Waals surface area contributed by atoms with Crippen molar-refractivity contribution in [3.8, 4) is 0 Å². The number of hydrogen-bond donors (Lipinski definition) is 1. The van der Waals surface area contributed by atoms with Crippen LogP contribution in [0, 0.1) is 0 Å². The highest BCUT2D eigenvalue weighted by atomic mass is 32.2. The number of nitrogens with zero attached hydrogens (tertiary/aromatic N) is 3. The summed E-state index contributed by atoms with van der Waals surface area (Å²) in [5, 5.41) is 11.5. The Morgan fingerprint density at radius 2 is 2.39 bits per heavy atom. The molecule has 2 rings (SSSR count). The second-order valence-electron chi connectivity index (χ2n) is 4.55. The van der Waals surface area contributed by atoms with E-state index in [4.69, 9.17) is 4.74 Å². The zero-order valence-electron chi connectivity index (χ0n) is 12.7. The van der Waals surface area contributed by atoms with Crippen molar-refractivity contribution in [1.29, 1.82) is 0 Å². The lowest BCUT2D eigenvalue weighted by Crippen LogP contribution is -2.45. The minimum absolute atomic E-state index is 0.00000349. The van der Waals surface area contributed by atoms with Gasteiger partial charge in [-0.2, -0.15) is 0 Å². The first kappa shape index (κ1) is 18.1. The number of thioether (sulfide) groups is 2. The molecule has 1 aliphatic heterocycles. The van der Waals surface area contributed by atoms with Crippen molar-refractivity contribution in [2.45, 2.75) is 9.59 Å². The first-order valence-corrected chi connectivity index (χ1v) is 9.77. The van der Waals surface area contributed by atoms with E-state index in [2.05, 4.69) is 22.1 Å². The molecular formula is C13H18N4O3S3. The third kappa shape index (κ3) is 5.40. The fourth-order valence-electron chi connectivity index (χ4n) is 1.86. The number of anilines is 1. The molecule has 2 heterocycles. The molecule has 0 saturated carbocycles. The highest BCUT2D eigenvalue weighted by Gasteiger charge is 2.29. The molecule has 126 valence electrons. The maximum absolute atomic E-state index is 12.3. The van der Waals surface area contributed by atoms with Gasteiger partial charge in [-0.15, -0.1) is 28.5 Å². The van der Waals surface area contributed by atoms with E-state index in [0.717, 1.165) is 10.1 Å². The first-order chi connectivity index (χ1) is 11.1. The van der Waals surface area contributed by atoms with Gasteiger partial charge < -0.3 is 15.0 Å². The van der Waals surface area contributed by atoms with Crippen molar-refractivity contribution in [3.05, 3.63) is 12.7 Å². The highest BCUT2D eigenvalue weighted by Crippen LogP contribution is 2.26. The van der Waals surface area contributed by atoms with Gasteiger partial charge in [0.15, 0.2) is 4.34 Å². The summed E-state index contributed by atoms with van der Waals surface area (Å²) in [6.07, 6.45) is 1.74. The lowest BCUT2D eigenvalue weighted by atomic mass is 10.3. The van der Waals surface area contributed by atoms with E-state index in [0.29, 0.717) is 24.8 Å². The molecule has 1 fully saturated rings. The average Bonchev–Trinajstić information content (AvgIpc) is 3.05. The van der Waals surface area contributed by atoms with Crippen LogP contribution in [0.2, 0.25) is 0 Å². The zero-order valence-corrected chi connectivity index (χ0v) is 15.1. The third-order valence-electron chi connectivity index (χ3n) is 3.01. The summed E-state index contributed by atoms with van der Waals surface area (Å²) in [5.74, 6) is 0.751. The van der Waals surface area contributed by atoms with Crippen LogP contribution in [0.3, 0.4) is 0 Å². The van der Waals surface area contributed by atoms with E-state index in [1.807, 2.05) is 0 Å². The van der Waals surface area contributed by atoms with Crippen molar-refractivity contribution in [1.82, 2.24) is 15.1 Å². The fourth-order valence-corrected chi connectivity index (χ4v) is 4.65. The van der Waals surface area contributed by atoms with Gasteiger partial charge in [-0.1, -0.05) is 29.2 Å². The van der Waals surface area contributed by atoms with Crippen LogP contribution in [0.25, 0.3) is 0 Å². The van der Waals surface area contributed by atoms with Gasteiger partial charge in [0.2, 0.25) is 11.0 Å². The molecule has 1 aliphatic rings. The molecule has 0 aromatic carbocycles. The molecule has 1 aromatic rings. The number of ether oxygens (including phenoxy) is 1. The number of methoxy groups -OCH3 is 1. The Hall–Kier alpha value is -1.26. The predicted molar refractivity (Wildman–Crippen MR) is 94.2 cm³/mol. The third-order valence-corrected chi connectivity index (χ3v) is 6.17. The van der Waals surface area contributed by atoms with Crippen LogP contribution in [0.1, 0.15) is 0 Å². The lowest BCUT2D eigenvalue weighted by molar-refractivity contribution is -0.141. The maximum Gasteiger partial charge on any atom is 0.320 e. The highest BCUT2D eigenvalue weighted by molar-refractivity contribution is 8.01. The molecule has 1 atom stereocenters. The van der Waals surface area contributed by atoms with Crippen molar-refractivity contribution in [2.24, 2.45) is 0 Å². The van der Waals surface area contributed by atoms with Crippen molar-refractivity contribution >= 4 is 51.9 Å². The molecule has 1 N–H and O–H groups in total. The minimum Gasteiger partial charge on any atom is -0.468 e. The van der Waals surface area contributed by atoms with Gasteiger partial charge in [0.1, 0.15) is 5.25 Å². The van der Waals surface area contributed by atoms with Gasteiger partial charge in [0.25, 0.3) is 0 Å². The fraction of sp³-hybridized carbons (Fsp3) is 0.538. The second-order valence-corrected chi connectivity index (χ2v) is 8.06. The smallest absolute Gasteiger partial charge is 0.320 e. The molecule has 1 amide bonds. The minimum atomic E-state index is -0.293. The first-order valence-electron chi connectivity index (χ1n) is 6.92. The maximum atomic E-state index is 12.3. The Labute approximate surface area is 147 Å². The second kappa shape index (κ2) is 9.14. The van der Waals surface area contributed by atoms with Gasteiger partial charge in [-0.25, -0.2) is 0 Å². The molecule has 23 heavy (non-hydrogen) atoms. The van der Waals surface area contributed by atoms with Crippen molar-refractivity contribution in [2.75, 3.05) is 43.6 Å². The average molecular weight is 375 g/mol. The van der Waals surface area contributed by atoms with Crippen LogP contribution in [-0.2, 0) is 14.3 Å². The summed E-state index contributed by atoms with van der Waals surface area (Å²) in [6, 6.07) is 0. The zero-order chi connectivity index (χ0) is 16.7. The van der Waals surface area contributed by atoms with Gasteiger partial charge in [0.05, 0.1) is 12.9 Å². The summed E-state index contributed by atoms with van der Waals surface area (Å²) in [4.78, 5) is 25.6. The summed E-state index contributed by atoms with van der Waals surface area (Å²) in [6.45, 7) is 5.30. The number of carbonyl (C=O) groups excluding carboxylic acids is 2. The van der Waals surface area contributed by atoms with Crippen LogP contribution in [0.5, 0.6) is 0 Å². The Bertz CT molecular complexity index is 566. The Morgan fingerprint density at radius 3 is 3.13 bits per heavy atom. The van der Waals surface area contributed by atoms with E-state index in [1.54, 1.807) is 11.0 Å². The standard InChI is InChI=1S/C13H18N4O3S3/c1-3-4-14-12-15-16-13(23-12)22-8-10(18)17-5-6-21-9(7-17)11(19)20-2/h3,9H,1,4-8H2,2H3,(H,14,15)/t9-/m1/s1. The van der Waals surface area contributed by atoms with Crippen molar-refractivity contribution in [3.63, 3.8) is 0 Å². The Balaban J connectivity index is 1.81. The Morgan fingerprint density at radius 1 is 1.57 bits per heavy atom. The van der Waals surface area contributed by atoms with Gasteiger partial charge in [-0.05, 0) is 0 Å². The molecule has 7 nitrogen and oxygen atoms in total. The van der Waals surface area contributed by atoms with E-state index < -0.39 is 0 Å². The van der Waals surface area contributed by atoms with Gasteiger partial charge in [0, 0.05) is 25.4 Å². The number of amides is 1. The molecule has 1 saturated heterocycles. The van der Waals surface area contributed by atoms with Crippen molar-refractivity contribution < 1.29 is 14.3 Å². The van der Waals surface area contributed by atoms with E-state index in [9.17, 15) is 9.59 Å². The monoisotopic (exact) mass is 374 g/mol. The van der Waals surface area contributed by atoms with E-state index in [1.165, 1.54) is 42.0 Å². The SMILES string of the molecule is C=CCNc1nnc(SCC(=O)N2CCS[C@@H](C(=O)OC)C2)s1. The number of esters is 1. The number of carbonyl (C=O) groups is 2. The molecule has 0 unspecified atom stereocenters. The number of aromatic nitrogens is 2. The van der Waals surface area contributed by atoms with Crippen LogP contribution in [0.4, 0.5) is 5.13 Å². The molecular weight excluding hydrogens is 356 g/mol. The van der Waals surface area contributed by atoms with Gasteiger partial charge >= 0.3 is 5.97 Å². The quantitative estimate of drug-likeness (QED) is 0.435. The van der Waals surface area contributed by atoms with Crippen LogP contribution in [-0.4, -0.2) is 70.5 Å². The largest absolute Gasteiger partial charge is 0.468 e. The molecule has 0 aliphatic carbocycles. The van der Waals surface area contributed by atoms with Gasteiger partial charge in [-0.3, -0.25) is 9.59 Å². The normalized spacial score (nSPS) is 17.6. The molecule has 10 heteroatoms. The van der Waals surface area contributed by atoms with E-state index in [-0.39, 0.29) is 22.9 Å². The molecule has 1 aromatic heterocycles. The summed E-state index contributed by atoms with van der Waals surface area (Å²) in [7, 11) is 1.37. The Kier molecular flexibility index (Phi) is 7.18. The lowest BCUT2D eigenvalue weighted by Gasteiger charge is -2.30. The molecule has 0 spiro atoms.